The van der Waals surface area contributed by atoms with Gasteiger partial charge in [0.1, 0.15) is 6.61 Å². The first kappa shape index (κ1) is 28.3. The van der Waals surface area contributed by atoms with Gasteiger partial charge in [-0.15, -0.1) is 13.2 Å². The highest BCUT2D eigenvalue weighted by molar-refractivity contribution is 5.86. The van der Waals surface area contributed by atoms with Crippen LogP contribution < -0.4 is 5.32 Å². The van der Waals surface area contributed by atoms with Gasteiger partial charge in [-0.25, -0.2) is 0 Å². The van der Waals surface area contributed by atoms with Crippen molar-refractivity contribution < 1.29 is 24.2 Å². The monoisotopic (exact) mass is 484 g/mol. The van der Waals surface area contributed by atoms with Crippen LogP contribution in [0.3, 0.4) is 0 Å². The third-order valence-corrected chi connectivity index (χ3v) is 6.39. The first-order valence-electron chi connectivity index (χ1n) is 12.5. The van der Waals surface area contributed by atoms with Crippen molar-refractivity contribution in [3.63, 3.8) is 0 Å². The van der Waals surface area contributed by atoms with Gasteiger partial charge >= 0.3 is 5.97 Å². The van der Waals surface area contributed by atoms with Gasteiger partial charge in [0, 0.05) is 13.0 Å². The summed E-state index contributed by atoms with van der Waals surface area (Å²) in [4.78, 5) is 40.1. The summed E-state index contributed by atoms with van der Waals surface area (Å²) in [5.74, 6) is -1.54. The second-order valence-electron chi connectivity index (χ2n) is 9.28. The van der Waals surface area contributed by atoms with Crippen molar-refractivity contribution in [2.75, 3.05) is 19.8 Å². The minimum Gasteiger partial charge on any atom is -0.463 e. The molecule has 1 heterocycles. The van der Waals surface area contributed by atoms with Crippen LogP contribution in [-0.4, -0.2) is 59.6 Å². The molecule has 7 nitrogen and oxygen atoms in total. The largest absolute Gasteiger partial charge is 0.463 e. The lowest BCUT2D eigenvalue weighted by atomic mass is 9.95. The van der Waals surface area contributed by atoms with E-state index >= 15 is 0 Å². The van der Waals surface area contributed by atoms with Crippen molar-refractivity contribution in [3.8, 4) is 0 Å². The number of carbonyl (C=O) groups excluding carboxylic acids is 3. The number of likely N-dealkylation sites (tertiary alicyclic amines) is 1. The number of carbonyl (C=O) groups is 3. The fraction of sp³-hybridized carbons (Fsp3) is 0.536. The van der Waals surface area contributed by atoms with Crippen molar-refractivity contribution in [3.05, 3.63) is 61.2 Å². The molecule has 1 aliphatic rings. The molecule has 1 fully saturated rings. The zero-order valence-corrected chi connectivity index (χ0v) is 20.9. The molecule has 35 heavy (non-hydrogen) atoms. The Kier molecular flexibility index (Phi) is 12.2. The minimum absolute atomic E-state index is 0.0530. The minimum atomic E-state index is -0.559. The second-order valence-corrected chi connectivity index (χ2v) is 9.28. The van der Waals surface area contributed by atoms with Crippen LogP contribution >= 0.6 is 0 Å². The van der Waals surface area contributed by atoms with E-state index in [9.17, 15) is 19.5 Å². The SMILES string of the molecule is C=CCC[C@H](Cc1ccccc1)C(=O)OC[C@H](C)NC(=O)[C@@H](CC=C)CC(=O)N1CCC[C@H]1CO. The molecule has 0 unspecified atom stereocenters. The van der Waals surface area contributed by atoms with Gasteiger partial charge in [0.2, 0.25) is 11.8 Å². The van der Waals surface area contributed by atoms with E-state index in [1.54, 1.807) is 24.0 Å². The van der Waals surface area contributed by atoms with E-state index < -0.39 is 12.0 Å². The quantitative estimate of drug-likeness (QED) is 0.294. The van der Waals surface area contributed by atoms with Gasteiger partial charge in [-0.05, 0) is 51.0 Å². The molecule has 1 aromatic rings. The lowest BCUT2D eigenvalue weighted by Gasteiger charge is -2.26. The Morgan fingerprint density at radius 2 is 1.94 bits per heavy atom. The molecule has 1 aliphatic heterocycles. The molecular formula is C28H40N2O5. The molecule has 0 radical (unpaired) electrons. The van der Waals surface area contributed by atoms with Crippen LogP contribution in [0.15, 0.2) is 55.6 Å². The van der Waals surface area contributed by atoms with Crippen LogP contribution in [0.4, 0.5) is 0 Å². The highest BCUT2D eigenvalue weighted by Gasteiger charge is 2.31. The zero-order chi connectivity index (χ0) is 25.6. The van der Waals surface area contributed by atoms with Gasteiger partial charge in [0.15, 0.2) is 0 Å². The number of allylic oxidation sites excluding steroid dienone is 2. The molecule has 0 saturated carbocycles. The van der Waals surface area contributed by atoms with Crippen molar-refractivity contribution in [2.45, 2.75) is 64.0 Å². The molecule has 2 N–H and O–H groups in total. The average molecular weight is 485 g/mol. The number of ether oxygens (including phenoxy) is 1. The standard InChI is InChI=1S/C28H40N2O5/c1-4-6-14-24(17-22-12-8-7-9-13-22)28(34)35-20-21(3)29-27(33)23(11-5-2)18-26(32)30-16-10-15-25(30)19-31/h4-5,7-9,12-13,21,23-25,31H,1-2,6,10-11,14-20H2,3H3,(H,29,33)/t21-,23-,24+,25-/m0/s1. The lowest BCUT2D eigenvalue weighted by Crippen LogP contribution is -2.43. The van der Waals surface area contributed by atoms with Gasteiger partial charge in [-0.1, -0.05) is 42.5 Å². The first-order valence-corrected chi connectivity index (χ1v) is 12.5. The third kappa shape index (κ3) is 9.32. The summed E-state index contributed by atoms with van der Waals surface area (Å²) >= 11 is 0. The number of esters is 1. The maximum atomic E-state index is 12.9. The van der Waals surface area contributed by atoms with Crippen LogP contribution in [0.25, 0.3) is 0 Å². The summed E-state index contributed by atoms with van der Waals surface area (Å²) in [6, 6.07) is 9.24. The number of nitrogens with one attached hydrogen (secondary N) is 1. The van der Waals surface area contributed by atoms with Crippen molar-refractivity contribution in [2.24, 2.45) is 11.8 Å². The van der Waals surface area contributed by atoms with Crippen molar-refractivity contribution in [1.82, 2.24) is 10.2 Å². The van der Waals surface area contributed by atoms with Crippen molar-refractivity contribution in [1.29, 1.82) is 0 Å². The van der Waals surface area contributed by atoms with E-state index in [1.165, 1.54) is 0 Å². The Labute approximate surface area is 209 Å². The van der Waals surface area contributed by atoms with E-state index in [2.05, 4.69) is 18.5 Å². The van der Waals surface area contributed by atoms with Crippen LogP contribution in [0.2, 0.25) is 0 Å². The molecule has 192 valence electrons. The number of amides is 2. The number of aliphatic hydroxyl groups excluding tert-OH is 1. The summed E-state index contributed by atoms with van der Waals surface area (Å²) in [5.41, 5.74) is 1.07. The summed E-state index contributed by atoms with van der Waals surface area (Å²) in [6.45, 7) is 9.83. The molecular weight excluding hydrogens is 444 g/mol. The van der Waals surface area contributed by atoms with Gasteiger partial charge in [-0.3, -0.25) is 14.4 Å². The maximum Gasteiger partial charge on any atom is 0.309 e. The summed E-state index contributed by atoms with van der Waals surface area (Å²) < 4.78 is 5.56. The molecule has 0 spiro atoms. The fourth-order valence-electron chi connectivity index (χ4n) is 4.41. The van der Waals surface area contributed by atoms with Crippen LogP contribution in [0, 0.1) is 11.8 Å². The molecule has 2 rings (SSSR count). The maximum absolute atomic E-state index is 12.9. The molecule has 1 saturated heterocycles. The summed E-state index contributed by atoms with van der Waals surface area (Å²) in [7, 11) is 0. The Bertz CT molecular complexity index is 841. The van der Waals surface area contributed by atoms with Crippen LogP contribution in [-0.2, 0) is 25.5 Å². The van der Waals surface area contributed by atoms with Gasteiger partial charge < -0.3 is 20.1 Å². The van der Waals surface area contributed by atoms with Crippen LogP contribution in [0.1, 0.15) is 51.0 Å². The van der Waals surface area contributed by atoms with Crippen molar-refractivity contribution >= 4 is 17.8 Å². The van der Waals surface area contributed by atoms with Gasteiger partial charge in [0.05, 0.1) is 30.5 Å². The van der Waals surface area contributed by atoms with E-state index in [0.717, 1.165) is 18.4 Å². The van der Waals surface area contributed by atoms with Crippen LogP contribution in [0.5, 0.6) is 0 Å². The molecule has 7 heteroatoms. The average Bonchev–Trinajstić information content (AvgIpc) is 3.34. The highest BCUT2D eigenvalue weighted by Crippen LogP contribution is 2.21. The number of aliphatic hydroxyl groups is 1. The van der Waals surface area contributed by atoms with Gasteiger partial charge in [-0.2, -0.15) is 0 Å². The highest BCUT2D eigenvalue weighted by atomic mass is 16.5. The number of rotatable bonds is 15. The molecule has 0 aromatic heterocycles. The van der Waals surface area contributed by atoms with E-state index in [1.807, 2.05) is 30.3 Å². The normalized spacial score (nSPS) is 17.8. The fourth-order valence-corrected chi connectivity index (χ4v) is 4.41. The topological polar surface area (TPSA) is 95.9 Å². The molecule has 4 atom stereocenters. The molecule has 0 aliphatic carbocycles. The Hall–Kier alpha value is -2.93. The third-order valence-electron chi connectivity index (χ3n) is 6.39. The number of hydrogen-bond acceptors (Lipinski definition) is 5. The Morgan fingerprint density at radius 3 is 2.60 bits per heavy atom. The summed E-state index contributed by atoms with van der Waals surface area (Å²) in [5, 5.41) is 12.4. The second kappa shape index (κ2) is 15.1. The summed E-state index contributed by atoms with van der Waals surface area (Å²) in [6.07, 6.45) is 7.42. The number of nitrogens with zero attached hydrogens (tertiary/aromatic N) is 1. The van der Waals surface area contributed by atoms with E-state index in [4.69, 9.17) is 4.74 Å². The predicted molar refractivity (Wildman–Crippen MR) is 136 cm³/mol. The molecule has 0 bridgehead atoms. The van der Waals surface area contributed by atoms with E-state index in [0.29, 0.717) is 32.2 Å². The first-order chi connectivity index (χ1) is 16.9. The number of hydrogen-bond donors (Lipinski definition) is 2. The predicted octanol–water partition coefficient (Wildman–Crippen LogP) is 3.43. The molecule has 2 amide bonds. The lowest BCUT2D eigenvalue weighted by molar-refractivity contribution is -0.150. The Morgan fingerprint density at radius 1 is 1.20 bits per heavy atom. The smallest absolute Gasteiger partial charge is 0.309 e. The number of benzene rings is 1. The Balaban J connectivity index is 1.88. The molecule has 1 aromatic carbocycles. The van der Waals surface area contributed by atoms with E-state index in [-0.39, 0.29) is 49.4 Å². The zero-order valence-electron chi connectivity index (χ0n) is 20.9. The van der Waals surface area contributed by atoms with Gasteiger partial charge in [0.25, 0.3) is 0 Å².